The lowest BCUT2D eigenvalue weighted by Crippen LogP contribution is -2.46. The minimum absolute atomic E-state index is 0.128. The first kappa shape index (κ1) is 21.1. The van der Waals surface area contributed by atoms with Gasteiger partial charge in [-0.2, -0.15) is 0 Å². The van der Waals surface area contributed by atoms with Crippen molar-refractivity contribution >= 4 is 11.8 Å². The van der Waals surface area contributed by atoms with Gasteiger partial charge in [0, 0.05) is 18.0 Å². The Morgan fingerprint density at radius 2 is 2.06 bits per heavy atom. The molecule has 3 aliphatic rings. The molecule has 32 heavy (non-hydrogen) atoms. The first-order valence-corrected chi connectivity index (χ1v) is 11.7. The van der Waals surface area contributed by atoms with Crippen molar-refractivity contribution in [2.75, 3.05) is 13.1 Å². The maximum atomic E-state index is 13.0. The number of ether oxygens (including phenoxy) is 1. The van der Waals surface area contributed by atoms with Crippen LogP contribution in [0, 0.1) is 12.8 Å². The lowest BCUT2D eigenvalue weighted by molar-refractivity contribution is -0.138. The number of benzene rings is 1. The molecule has 1 unspecified atom stereocenters. The summed E-state index contributed by atoms with van der Waals surface area (Å²) < 4.78 is 8.21. The van der Waals surface area contributed by atoms with Crippen molar-refractivity contribution in [2.45, 2.75) is 70.7 Å². The van der Waals surface area contributed by atoms with Crippen molar-refractivity contribution in [1.82, 2.24) is 25.2 Å². The molecule has 8 nitrogen and oxygen atoms in total. The molecule has 0 radical (unpaired) electrons. The summed E-state index contributed by atoms with van der Waals surface area (Å²) in [4.78, 5) is 27.4. The van der Waals surface area contributed by atoms with E-state index in [0.717, 1.165) is 55.6 Å². The Kier molecular flexibility index (Phi) is 5.71. The number of aryl methyl sites for hydroxylation is 1. The smallest absolute Gasteiger partial charge is 0.251 e. The van der Waals surface area contributed by atoms with Gasteiger partial charge in [0.25, 0.3) is 5.91 Å². The number of hydrogen-bond acceptors (Lipinski definition) is 5. The maximum absolute atomic E-state index is 13.0. The number of rotatable bonds is 4. The molecule has 2 aromatic rings. The fourth-order valence-corrected chi connectivity index (χ4v) is 5.27. The Morgan fingerprint density at radius 1 is 1.22 bits per heavy atom. The Bertz CT molecular complexity index is 1010. The number of nitrogens with one attached hydrogen (secondary N) is 1. The van der Waals surface area contributed by atoms with Crippen molar-refractivity contribution in [3.63, 3.8) is 0 Å². The van der Waals surface area contributed by atoms with Crippen molar-refractivity contribution in [3.05, 3.63) is 46.8 Å². The summed E-state index contributed by atoms with van der Waals surface area (Å²) in [7, 11) is 0. The second kappa shape index (κ2) is 8.65. The predicted molar refractivity (Wildman–Crippen MR) is 118 cm³/mol. The van der Waals surface area contributed by atoms with Gasteiger partial charge in [0.1, 0.15) is 11.3 Å². The summed E-state index contributed by atoms with van der Waals surface area (Å²) in [6.07, 6.45) is 6.45. The highest BCUT2D eigenvalue weighted by molar-refractivity contribution is 5.94. The van der Waals surface area contributed by atoms with Crippen LogP contribution in [-0.4, -0.2) is 50.4 Å². The third kappa shape index (κ3) is 4.16. The topological polar surface area (TPSA) is 89.3 Å². The Morgan fingerprint density at radius 3 is 2.88 bits per heavy atom. The van der Waals surface area contributed by atoms with Gasteiger partial charge in [-0.3, -0.25) is 9.59 Å². The van der Waals surface area contributed by atoms with Gasteiger partial charge in [0.05, 0.1) is 31.9 Å². The van der Waals surface area contributed by atoms with Crippen molar-refractivity contribution < 1.29 is 14.3 Å². The molecular formula is C24H31N5O3. The van der Waals surface area contributed by atoms with E-state index in [0.29, 0.717) is 37.7 Å². The highest BCUT2D eigenvalue weighted by Gasteiger charge is 2.45. The van der Waals surface area contributed by atoms with Crippen LogP contribution in [0.25, 0.3) is 0 Å². The SMILES string of the molecule is Cc1cccc(C(=O)NCc2nnn3c2COC2(CCN(C(=O)C4CCCCC4)C2)C3)c1. The highest BCUT2D eigenvalue weighted by Crippen LogP contribution is 2.35. The van der Waals surface area contributed by atoms with Crippen LogP contribution in [0.3, 0.4) is 0 Å². The third-order valence-electron chi connectivity index (χ3n) is 7.15. The van der Waals surface area contributed by atoms with Crippen LogP contribution >= 0.6 is 0 Å². The molecule has 2 amide bonds. The molecule has 2 fully saturated rings. The molecule has 1 saturated carbocycles. The van der Waals surface area contributed by atoms with Crippen molar-refractivity contribution in [3.8, 4) is 0 Å². The minimum Gasteiger partial charge on any atom is -0.365 e. The average molecular weight is 438 g/mol. The lowest BCUT2D eigenvalue weighted by atomic mass is 9.88. The summed E-state index contributed by atoms with van der Waals surface area (Å²) in [6.45, 7) is 4.64. The average Bonchev–Trinajstić information content (AvgIpc) is 3.41. The zero-order chi connectivity index (χ0) is 22.1. The minimum atomic E-state index is -0.382. The van der Waals surface area contributed by atoms with E-state index < -0.39 is 0 Å². The van der Waals surface area contributed by atoms with E-state index in [1.807, 2.05) is 34.7 Å². The molecule has 5 rings (SSSR count). The van der Waals surface area contributed by atoms with Gasteiger partial charge >= 0.3 is 0 Å². The molecule has 1 N–H and O–H groups in total. The van der Waals surface area contributed by atoms with Gasteiger partial charge < -0.3 is 15.0 Å². The van der Waals surface area contributed by atoms with Crippen LogP contribution in [0.4, 0.5) is 0 Å². The van der Waals surface area contributed by atoms with Gasteiger partial charge in [-0.1, -0.05) is 42.2 Å². The fourth-order valence-electron chi connectivity index (χ4n) is 5.27. The van der Waals surface area contributed by atoms with Gasteiger partial charge in [-0.25, -0.2) is 4.68 Å². The number of likely N-dealkylation sites (tertiary alicyclic amines) is 1. The first-order chi connectivity index (χ1) is 15.5. The maximum Gasteiger partial charge on any atom is 0.251 e. The van der Waals surface area contributed by atoms with E-state index in [2.05, 4.69) is 15.6 Å². The van der Waals surface area contributed by atoms with Crippen LogP contribution in [0.5, 0.6) is 0 Å². The summed E-state index contributed by atoms with van der Waals surface area (Å²) in [5, 5.41) is 11.6. The molecule has 1 aromatic carbocycles. The van der Waals surface area contributed by atoms with Gasteiger partial charge in [-0.15, -0.1) is 5.10 Å². The zero-order valence-corrected chi connectivity index (χ0v) is 18.7. The van der Waals surface area contributed by atoms with Crippen LogP contribution in [0.2, 0.25) is 0 Å². The van der Waals surface area contributed by atoms with Crippen LogP contribution in [-0.2, 0) is 29.2 Å². The zero-order valence-electron chi connectivity index (χ0n) is 18.7. The van der Waals surface area contributed by atoms with Crippen molar-refractivity contribution in [1.29, 1.82) is 0 Å². The van der Waals surface area contributed by atoms with E-state index in [1.54, 1.807) is 6.07 Å². The van der Waals surface area contributed by atoms with E-state index in [-0.39, 0.29) is 17.4 Å². The van der Waals surface area contributed by atoms with Crippen LogP contribution in [0.1, 0.15) is 65.8 Å². The summed E-state index contributed by atoms with van der Waals surface area (Å²) in [5.41, 5.74) is 2.93. The Labute approximate surface area is 188 Å². The first-order valence-electron chi connectivity index (χ1n) is 11.7. The molecule has 2 aliphatic heterocycles. The quantitative estimate of drug-likeness (QED) is 0.794. The number of aromatic nitrogens is 3. The van der Waals surface area contributed by atoms with E-state index in [4.69, 9.17) is 4.74 Å². The summed E-state index contributed by atoms with van der Waals surface area (Å²) >= 11 is 0. The molecule has 0 bridgehead atoms. The second-order valence-corrected chi connectivity index (χ2v) is 9.51. The molecule has 1 saturated heterocycles. The molecule has 1 aliphatic carbocycles. The number of carbonyl (C=O) groups excluding carboxylic acids is 2. The van der Waals surface area contributed by atoms with E-state index in [1.165, 1.54) is 6.42 Å². The largest absolute Gasteiger partial charge is 0.365 e. The van der Waals surface area contributed by atoms with Crippen LogP contribution in [0.15, 0.2) is 24.3 Å². The number of nitrogens with zero attached hydrogens (tertiary/aromatic N) is 4. The second-order valence-electron chi connectivity index (χ2n) is 9.51. The normalized spacial score (nSPS) is 23.3. The number of fused-ring (bicyclic) bond motifs is 1. The molecule has 3 heterocycles. The van der Waals surface area contributed by atoms with Crippen LogP contribution < -0.4 is 5.32 Å². The fraction of sp³-hybridized carbons (Fsp3) is 0.583. The Hall–Kier alpha value is -2.74. The third-order valence-corrected chi connectivity index (χ3v) is 7.15. The number of amides is 2. The van der Waals surface area contributed by atoms with Gasteiger partial charge in [0.15, 0.2) is 0 Å². The summed E-state index contributed by atoms with van der Waals surface area (Å²) in [5.74, 6) is 0.360. The Balaban J connectivity index is 1.20. The standard InChI is InChI=1S/C24H31N5O3/c1-17-6-5-9-19(12-17)22(30)25-13-20-21-14-32-24(16-29(21)27-26-20)10-11-28(15-24)23(31)18-7-3-2-4-8-18/h5-6,9,12,18H,2-4,7-8,10-11,13-16H2,1H3,(H,25,30). The van der Waals surface area contributed by atoms with Gasteiger partial charge in [0.2, 0.25) is 5.91 Å². The molecule has 1 spiro atoms. The van der Waals surface area contributed by atoms with Gasteiger partial charge in [-0.05, 0) is 38.3 Å². The number of carbonyl (C=O) groups is 2. The van der Waals surface area contributed by atoms with Crippen molar-refractivity contribution in [2.24, 2.45) is 5.92 Å². The molecule has 170 valence electrons. The molecule has 1 atom stereocenters. The molecule has 1 aromatic heterocycles. The highest BCUT2D eigenvalue weighted by atomic mass is 16.5. The van der Waals surface area contributed by atoms with E-state index >= 15 is 0 Å². The summed E-state index contributed by atoms with van der Waals surface area (Å²) in [6, 6.07) is 7.51. The molecular weight excluding hydrogens is 406 g/mol. The monoisotopic (exact) mass is 437 g/mol. The lowest BCUT2D eigenvalue weighted by Gasteiger charge is -2.34. The molecule has 8 heteroatoms. The van der Waals surface area contributed by atoms with E-state index in [9.17, 15) is 9.59 Å². The predicted octanol–water partition coefficient (Wildman–Crippen LogP) is 2.60. The number of hydrogen-bond donors (Lipinski definition) is 1.